The van der Waals surface area contributed by atoms with Gasteiger partial charge in [-0.05, 0) is 24.6 Å². The fourth-order valence-electron chi connectivity index (χ4n) is 2.24. The van der Waals surface area contributed by atoms with E-state index in [1.165, 1.54) is 7.11 Å². The molecule has 2 N–H and O–H groups in total. The first kappa shape index (κ1) is 16.3. The van der Waals surface area contributed by atoms with E-state index in [-0.39, 0.29) is 30.0 Å². The van der Waals surface area contributed by atoms with Crippen LogP contribution in [0.2, 0.25) is 0 Å². The van der Waals surface area contributed by atoms with Gasteiger partial charge in [0.05, 0.1) is 30.7 Å². The summed E-state index contributed by atoms with van der Waals surface area (Å²) in [5.74, 6) is -0.627. The summed E-state index contributed by atoms with van der Waals surface area (Å²) in [7, 11) is -1.72. The lowest BCUT2D eigenvalue weighted by Crippen LogP contribution is -2.39. The molecule has 1 aliphatic rings. The maximum atomic E-state index is 11.8. The lowest BCUT2D eigenvalue weighted by atomic mass is 10.2. The molecule has 1 aromatic rings. The van der Waals surface area contributed by atoms with Crippen LogP contribution in [-0.4, -0.2) is 51.5 Å². The van der Waals surface area contributed by atoms with E-state index in [0.717, 1.165) is 0 Å². The number of anilines is 1. The van der Waals surface area contributed by atoms with Gasteiger partial charge in [0.15, 0.2) is 9.84 Å². The summed E-state index contributed by atoms with van der Waals surface area (Å²) in [6, 6.07) is 6.27. The fraction of sp³-hybridized carbons (Fsp3) is 0.429. The Labute approximate surface area is 129 Å². The summed E-state index contributed by atoms with van der Waals surface area (Å²) in [5, 5.41) is 5.57. The van der Waals surface area contributed by atoms with Gasteiger partial charge in [-0.25, -0.2) is 13.2 Å². The number of rotatable bonds is 5. The summed E-state index contributed by atoms with van der Waals surface area (Å²) in [5.41, 5.74) is 0.992. The lowest BCUT2D eigenvalue weighted by molar-refractivity contribution is -0.119. The number of carbonyl (C=O) groups excluding carboxylic acids is 2. The van der Waals surface area contributed by atoms with Crippen LogP contribution in [0, 0.1) is 0 Å². The zero-order chi connectivity index (χ0) is 16.2. The third kappa shape index (κ3) is 4.45. The predicted octanol–water partition coefficient (Wildman–Crippen LogP) is 0.188. The van der Waals surface area contributed by atoms with Crippen molar-refractivity contribution in [2.24, 2.45) is 0 Å². The summed E-state index contributed by atoms with van der Waals surface area (Å²) in [6.07, 6.45) is 0.450. The van der Waals surface area contributed by atoms with E-state index < -0.39 is 15.8 Å². The topological polar surface area (TPSA) is 102 Å². The van der Waals surface area contributed by atoms with Gasteiger partial charge in [-0.1, -0.05) is 6.07 Å². The van der Waals surface area contributed by atoms with Crippen LogP contribution in [0.3, 0.4) is 0 Å². The molecule has 0 aliphatic carbocycles. The SMILES string of the molecule is COC(=O)c1cccc(NCC(=O)NC2CCS(=O)(=O)C2)c1. The van der Waals surface area contributed by atoms with Crippen molar-refractivity contribution in [3.05, 3.63) is 29.8 Å². The van der Waals surface area contributed by atoms with E-state index in [1.54, 1.807) is 24.3 Å². The van der Waals surface area contributed by atoms with Crippen LogP contribution in [-0.2, 0) is 19.4 Å². The highest BCUT2D eigenvalue weighted by Gasteiger charge is 2.28. The number of carbonyl (C=O) groups is 2. The monoisotopic (exact) mass is 326 g/mol. The third-order valence-electron chi connectivity index (χ3n) is 3.33. The molecule has 1 amide bonds. The van der Waals surface area contributed by atoms with E-state index in [9.17, 15) is 18.0 Å². The van der Waals surface area contributed by atoms with Crippen molar-refractivity contribution in [3.63, 3.8) is 0 Å². The average Bonchev–Trinajstić information content (AvgIpc) is 2.83. The maximum absolute atomic E-state index is 11.8. The normalized spacial score (nSPS) is 19.4. The summed E-state index contributed by atoms with van der Waals surface area (Å²) < 4.78 is 27.3. The molecule has 7 nitrogen and oxygen atoms in total. The number of nitrogens with one attached hydrogen (secondary N) is 2. The van der Waals surface area contributed by atoms with Crippen molar-refractivity contribution in [2.75, 3.05) is 30.5 Å². The van der Waals surface area contributed by atoms with Gasteiger partial charge < -0.3 is 15.4 Å². The second-order valence-electron chi connectivity index (χ2n) is 5.09. The van der Waals surface area contributed by atoms with E-state index in [0.29, 0.717) is 17.7 Å². The standard InChI is InChI=1S/C14H18N2O5S/c1-21-14(18)10-3-2-4-11(7-10)15-8-13(17)16-12-5-6-22(19,20)9-12/h2-4,7,12,15H,5-6,8-9H2,1H3,(H,16,17). The molecule has 1 saturated heterocycles. The van der Waals surface area contributed by atoms with Gasteiger partial charge in [-0.15, -0.1) is 0 Å². The van der Waals surface area contributed by atoms with Gasteiger partial charge in [-0.2, -0.15) is 0 Å². The zero-order valence-electron chi connectivity index (χ0n) is 12.2. The van der Waals surface area contributed by atoms with Crippen LogP contribution in [0.5, 0.6) is 0 Å². The number of hydrogen-bond acceptors (Lipinski definition) is 6. The van der Waals surface area contributed by atoms with Crippen LogP contribution >= 0.6 is 0 Å². The smallest absolute Gasteiger partial charge is 0.337 e. The number of esters is 1. The van der Waals surface area contributed by atoms with Crippen LogP contribution in [0.15, 0.2) is 24.3 Å². The molecule has 0 radical (unpaired) electrons. The first-order chi connectivity index (χ1) is 10.4. The first-order valence-electron chi connectivity index (χ1n) is 6.81. The molecule has 0 spiro atoms. The van der Waals surface area contributed by atoms with E-state index in [4.69, 9.17) is 0 Å². The van der Waals surface area contributed by atoms with Gasteiger partial charge in [0, 0.05) is 11.7 Å². The number of amides is 1. The molecule has 1 unspecified atom stereocenters. The number of benzene rings is 1. The van der Waals surface area contributed by atoms with Gasteiger partial charge >= 0.3 is 5.97 Å². The van der Waals surface area contributed by atoms with Gasteiger partial charge in [-0.3, -0.25) is 4.79 Å². The minimum Gasteiger partial charge on any atom is -0.465 e. The summed E-state index contributed by atoms with van der Waals surface area (Å²) >= 11 is 0. The fourth-order valence-corrected chi connectivity index (χ4v) is 3.92. The Morgan fingerprint density at radius 2 is 2.14 bits per heavy atom. The van der Waals surface area contributed by atoms with Crippen molar-refractivity contribution in [1.82, 2.24) is 5.32 Å². The van der Waals surface area contributed by atoms with E-state index in [1.807, 2.05) is 0 Å². The van der Waals surface area contributed by atoms with E-state index in [2.05, 4.69) is 15.4 Å². The largest absolute Gasteiger partial charge is 0.465 e. The Bertz CT molecular complexity index is 672. The molecule has 0 bridgehead atoms. The minimum atomic E-state index is -3.01. The molecule has 1 fully saturated rings. The zero-order valence-corrected chi connectivity index (χ0v) is 13.0. The quantitative estimate of drug-likeness (QED) is 0.749. The Morgan fingerprint density at radius 1 is 1.36 bits per heavy atom. The molecule has 2 rings (SSSR count). The summed E-state index contributed by atoms with van der Waals surface area (Å²) in [4.78, 5) is 23.2. The Morgan fingerprint density at radius 3 is 2.77 bits per heavy atom. The predicted molar refractivity (Wildman–Crippen MR) is 81.5 cm³/mol. The van der Waals surface area contributed by atoms with Crippen LogP contribution in [0.4, 0.5) is 5.69 Å². The molecule has 1 aliphatic heterocycles. The Balaban J connectivity index is 1.85. The number of ether oxygens (including phenoxy) is 1. The summed E-state index contributed by atoms with van der Waals surface area (Å²) in [6.45, 7) is 0.00116. The third-order valence-corrected chi connectivity index (χ3v) is 5.10. The first-order valence-corrected chi connectivity index (χ1v) is 8.64. The van der Waals surface area contributed by atoms with Crippen molar-refractivity contribution in [1.29, 1.82) is 0 Å². The van der Waals surface area contributed by atoms with E-state index >= 15 is 0 Å². The highest BCUT2D eigenvalue weighted by molar-refractivity contribution is 7.91. The highest BCUT2D eigenvalue weighted by atomic mass is 32.2. The van der Waals surface area contributed by atoms with Gasteiger partial charge in [0.1, 0.15) is 0 Å². The molecule has 1 heterocycles. The molecular weight excluding hydrogens is 308 g/mol. The Kier molecular flexibility index (Phi) is 5.02. The number of methoxy groups -OCH3 is 1. The van der Waals surface area contributed by atoms with Crippen molar-refractivity contribution < 1.29 is 22.7 Å². The molecule has 0 saturated carbocycles. The molecule has 120 valence electrons. The molecular formula is C14H18N2O5S. The van der Waals surface area contributed by atoms with Gasteiger partial charge in [0.25, 0.3) is 0 Å². The van der Waals surface area contributed by atoms with Crippen molar-refractivity contribution in [3.8, 4) is 0 Å². The highest BCUT2D eigenvalue weighted by Crippen LogP contribution is 2.12. The molecule has 8 heteroatoms. The minimum absolute atomic E-state index is 0.00116. The average molecular weight is 326 g/mol. The Hall–Kier alpha value is -2.09. The van der Waals surface area contributed by atoms with Crippen molar-refractivity contribution >= 4 is 27.4 Å². The molecule has 1 aromatic carbocycles. The van der Waals surface area contributed by atoms with Crippen LogP contribution in [0.1, 0.15) is 16.8 Å². The second-order valence-corrected chi connectivity index (χ2v) is 7.32. The van der Waals surface area contributed by atoms with Crippen LogP contribution in [0.25, 0.3) is 0 Å². The molecule has 0 aromatic heterocycles. The number of sulfone groups is 1. The van der Waals surface area contributed by atoms with Crippen molar-refractivity contribution in [2.45, 2.75) is 12.5 Å². The maximum Gasteiger partial charge on any atom is 0.337 e. The molecule has 22 heavy (non-hydrogen) atoms. The molecule has 1 atom stereocenters. The van der Waals surface area contributed by atoms with Gasteiger partial charge in [0.2, 0.25) is 5.91 Å². The lowest BCUT2D eigenvalue weighted by Gasteiger charge is -2.12. The number of hydrogen-bond donors (Lipinski definition) is 2. The second kappa shape index (κ2) is 6.78. The van der Waals surface area contributed by atoms with Crippen LogP contribution < -0.4 is 10.6 Å².